The first-order valence-corrected chi connectivity index (χ1v) is 10.1. The third-order valence-electron chi connectivity index (χ3n) is 4.10. The van der Waals surface area contributed by atoms with E-state index in [9.17, 15) is 9.59 Å². The average molecular weight is 362 g/mol. The van der Waals surface area contributed by atoms with Gasteiger partial charge in [-0.3, -0.25) is 14.5 Å². The molecule has 0 aliphatic carbocycles. The smallest absolute Gasteiger partial charge is 0.267 e. The van der Waals surface area contributed by atoms with Crippen LogP contribution in [0.2, 0.25) is 0 Å². The summed E-state index contributed by atoms with van der Waals surface area (Å²) in [7, 11) is 0. The maximum Gasteiger partial charge on any atom is 0.267 e. The van der Waals surface area contributed by atoms with E-state index in [1.165, 1.54) is 16.7 Å². The van der Waals surface area contributed by atoms with Crippen LogP contribution in [0.4, 0.5) is 0 Å². The molecule has 0 aromatic heterocycles. The minimum Gasteiger partial charge on any atom is -0.494 e. The molecule has 1 heterocycles. The minimum atomic E-state index is -0.165. The summed E-state index contributed by atoms with van der Waals surface area (Å²) in [5.74, 6) is 1.22. The lowest BCUT2D eigenvalue weighted by Crippen LogP contribution is -2.32. The van der Waals surface area contributed by atoms with Gasteiger partial charge in [-0.1, -0.05) is 45.2 Å². The number of nitrogens with zero attached hydrogens (tertiary/aromatic N) is 1. The average Bonchev–Trinajstić information content (AvgIpc) is 2.84. The molecule has 0 fully saturated rings. The molecule has 1 aliphatic rings. The standard InChI is InChI=1S/C20H27NO3S/c1-4-7-8-9-14-21-19(22)17(18(20(21)23)25-6-3)15-10-12-16(13-11-15)24-5-2/h10-13H,4-9,14H2,1-3H3. The fraction of sp³-hybridized carbons (Fsp3) is 0.500. The molecule has 1 aromatic rings. The normalized spacial score (nSPS) is 14.6. The van der Waals surface area contributed by atoms with Crippen LogP contribution >= 0.6 is 11.8 Å². The molecule has 2 amide bonds. The van der Waals surface area contributed by atoms with Crippen molar-refractivity contribution in [3.8, 4) is 5.75 Å². The zero-order valence-corrected chi connectivity index (χ0v) is 16.2. The summed E-state index contributed by atoms with van der Waals surface area (Å²) in [4.78, 5) is 27.6. The summed E-state index contributed by atoms with van der Waals surface area (Å²) >= 11 is 1.45. The maximum atomic E-state index is 12.9. The first kappa shape index (κ1) is 19.6. The van der Waals surface area contributed by atoms with Crippen LogP contribution in [-0.4, -0.2) is 35.6 Å². The Labute approximate surface area is 154 Å². The van der Waals surface area contributed by atoms with Crippen molar-refractivity contribution in [1.82, 2.24) is 4.90 Å². The summed E-state index contributed by atoms with van der Waals surface area (Å²) in [6.07, 6.45) is 4.18. The van der Waals surface area contributed by atoms with E-state index in [-0.39, 0.29) is 11.8 Å². The molecule has 1 aromatic carbocycles. The number of hydrogen-bond donors (Lipinski definition) is 0. The summed E-state index contributed by atoms with van der Waals surface area (Å²) < 4.78 is 5.46. The van der Waals surface area contributed by atoms with E-state index in [0.29, 0.717) is 23.6 Å². The van der Waals surface area contributed by atoms with E-state index in [1.54, 1.807) is 0 Å². The van der Waals surface area contributed by atoms with E-state index >= 15 is 0 Å². The van der Waals surface area contributed by atoms with E-state index in [2.05, 4.69) is 6.92 Å². The first-order valence-electron chi connectivity index (χ1n) is 9.10. The topological polar surface area (TPSA) is 46.6 Å². The van der Waals surface area contributed by atoms with Crippen LogP contribution < -0.4 is 4.74 Å². The van der Waals surface area contributed by atoms with Crippen molar-refractivity contribution in [1.29, 1.82) is 0 Å². The van der Waals surface area contributed by atoms with Gasteiger partial charge in [0.05, 0.1) is 17.1 Å². The molecule has 5 heteroatoms. The second-order valence-corrected chi connectivity index (χ2v) is 7.19. The van der Waals surface area contributed by atoms with Crippen molar-refractivity contribution in [3.05, 3.63) is 34.7 Å². The largest absolute Gasteiger partial charge is 0.494 e. The van der Waals surface area contributed by atoms with Crippen LogP contribution in [0.25, 0.3) is 5.57 Å². The van der Waals surface area contributed by atoms with Gasteiger partial charge in [-0.25, -0.2) is 0 Å². The van der Waals surface area contributed by atoms with Gasteiger partial charge in [0.15, 0.2) is 0 Å². The van der Waals surface area contributed by atoms with Crippen LogP contribution in [-0.2, 0) is 9.59 Å². The highest BCUT2D eigenvalue weighted by Gasteiger charge is 2.38. The van der Waals surface area contributed by atoms with Gasteiger partial charge in [0, 0.05) is 6.54 Å². The number of carbonyl (C=O) groups is 2. The lowest BCUT2D eigenvalue weighted by atomic mass is 10.1. The molecule has 4 nitrogen and oxygen atoms in total. The number of benzene rings is 1. The predicted octanol–water partition coefficient (Wildman–Crippen LogP) is 4.50. The highest BCUT2D eigenvalue weighted by Crippen LogP contribution is 2.36. The Kier molecular flexibility index (Phi) is 7.56. The Morgan fingerprint density at radius 3 is 2.28 bits per heavy atom. The van der Waals surface area contributed by atoms with Crippen molar-refractivity contribution in [2.45, 2.75) is 46.5 Å². The van der Waals surface area contributed by atoms with Gasteiger partial charge in [-0.05, 0) is 36.8 Å². The third kappa shape index (κ3) is 4.66. The number of ether oxygens (including phenoxy) is 1. The van der Waals surface area contributed by atoms with Gasteiger partial charge in [0.2, 0.25) is 0 Å². The van der Waals surface area contributed by atoms with Gasteiger partial charge in [-0.2, -0.15) is 0 Å². The zero-order valence-electron chi connectivity index (χ0n) is 15.3. The number of rotatable bonds is 10. The zero-order chi connectivity index (χ0) is 18.2. The van der Waals surface area contributed by atoms with Gasteiger partial charge >= 0.3 is 0 Å². The van der Waals surface area contributed by atoms with Crippen molar-refractivity contribution in [2.75, 3.05) is 18.9 Å². The van der Waals surface area contributed by atoms with Crippen LogP contribution in [0.1, 0.15) is 52.0 Å². The first-order chi connectivity index (χ1) is 12.1. The van der Waals surface area contributed by atoms with Crippen molar-refractivity contribution < 1.29 is 14.3 Å². The molecule has 0 saturated heterocycles. The fourth-order valence-corrected chi connectivity index (χ4v) is 3.74. The number of hydrogen-bond acceptors (Lipinski definition) is 4. The Balaban J connectivity index is 2.22. The lowest BCUT2D eigenvalue weighted by molar-refractivity contribution is -0.136. The van der Waals surface area contributed by atoms with E-state index < -0.39 is 0 Å². The second kappa shape index (κ2) is 9.66. The van der Waals surface area contributed by atoms with Crippen molar-refractivity contribution >= 4 is 29.1 Å². The van der Waals surface area contributed by atoms with E-state index in [1.807, 2.05) is 38.1 Å². The molecule has 0 bridgehead atoms. The van der Waals surface area contributed by atoms with Gasteiger partial charge in [-0.15, -0.1) is 11.8 Å². The van der Waals surface area contributed by atoms with E-state index in [0.717, 1.165) is 42.7 Å². The molecule has 0 radical (unpaired) electrons. The molecule has 0 spiro atoms. The molecule has 0 atom stereocenters. The molecule has 1 aliphatic heterocycles. The molecule has 0 saturated carbocycles. The quantitative estimate of drug-likeness (QED) is 0.455. The SMILES string of the molecule is CCCCCCN1C(=O)C(SCC)=C(c2ccc(OCC)cc2)C1=O. The number of carbonyl (C=O) groups excluding carboxylic acids is 2. The summed E-state index contributed by atoms with van der Waals surface area (Å²) in [5.41, 5.74) is 1.32. The van der Waals surface area contributed by atoms with E-state index in [4.69, 9.17) is 4.74 Å². The van der Waals surface area contributed by atoms with Gasteiger partial charge in [0.1, 0.15) is 5.75 Å². The second-order valence-electron chi connectivity index (χ2n) is 5.92. The Bertz CT molecular complexity index is 637. The van der Waals surface area contributed by atoms with Crippen LogP contribution in [0.15, 0.2) is 29.2 Å². The molecule has 0 unspecified atom stereocenters. The van der Waals surface area contributed by atoms with Crippen LogP contribution in [0.5, 0.6) is 5.75 Å². The molecule has 136 valence electrons. The lowest BCUT2D eigenvalue weighted by Gasteiger charge is -2.14. The third-order valence-corrected chi connectivity index (χ3v) is 5.06. The Morgan fingerprint density at radius 2 is 1.68 bits per heavy atom. The highest BCUT2D eigenvalue weighted by atomic mass is 32.2. The van der Waals surface area contributed by atoms with Gasteiger partial charge in [0.25, 0.3) is 11.8 Å². The minimum absolute atomic E-state index is 0.141. The monoisotopic (exact) mass is 361 g/mol. The highest BCUT2D eigenvalue weighted by molar-refractivity contribution is 8.04. The maximum absolute atomic E-state index is 12.9. The molecule has 0 N–H and O–H groups in total. The Hall–Kier alpha value is -1.75. The molecular formula is C20H27NO3S. The van der Waals surface area contributed by atoms with Gasteiger partial charge < -0.3 is 4.74 Å². The van der Waals surface area contributed by atoms with Crippen molar-refractivity contribution in [2.24, 2.45) is 0 Å². The summed E-state index contributed by atoms with van der Waals surface area (Å²) in [6.45, 7) is 7.18. The van der Waals surface area contributed by atoms with Crippen LogP contribution in [0, 0.1) is 0 Å². The van der Waals surface area contributed by atoms with Crippen molar-refractivity contribution in [3.63, 3.8) is 0 Å². The molecule has 2 rings (SSSR count). The Morgan fingerprint density at radius 1 is 0.960 bits per heavy atom. The predicted molar refractivity (Wildman–Crippen MR) is 104 cm³/mol. The summed E-state index contributed by atoms with van der Waals surface area (Å²) in [5, 5.41) is 0. The van der Waals surface area contributed by atoms with Crippen LogP contribution in [0.3, 0.4) is 0 Å². The number of amides is 2. The number of thioether (sulfide) groups is 1. The fourth-order valence-electron chi connectivity index (χ4n) is 2.87. The number of unbranched alkanes of at least 4 members (excludes halogenated alkanes) is 3. The summed E-state index contributed by atoms with van der Waals surface area (Å²) in [6, 6.07) is 7.42. The molecule has 25 heavy (non-hydrogen) atoms. The number of imide groups is 1. The molecular weight excluding hydrogens is 334 g/mol.